The molecule has 1 unspecified atom stereocenters. The summed E-state index contributed by atoms with van der Waals surface area (Å²) in [5.74, 6) is 0.935. The summed E-state index contributed by atoms with van der Waals surface area (Å²) in [5, 5.41) is 11.1. The zero-order valence-electron chi connectivity index (χ0n) is 13.3. The van der Waals surface area contributed by atoms with Gasteiger partial charge in [0.15, 0.2) is 5.96 Å². The predicted octanol–water partition coefficient (Wildman–Crippen LogP) is 2.68. The standard InChI is InChI=1S/C16H28N4S/c1-3-17-16(18-11-14-8-10-21-13-14)19-12-15-7-5-6-9-20(15)4-2/h8,10,13,15H,3-7,9,11-12H2,1-2H3,(H2,17,18,19). The van der Waals surface area contributed by atoms with Crippen LogP contribution in [0.1, 0.15) is 38.7 Å². The van der Waals surface area contributed by atoms with Crippen LogP contribution in [0.25, 0.3) is 0 Å². The summed E-state index contributed by atoms with van der Waals surface area (Å²) in [5.41, 5.74) is 1.28. The molecule has 1 fully saturated rings. The Bertz CT molecular complexity index is 416. The maximum Gasteiger partial charge on any atom is 0.191 e. The first-order valence-electron chi connectivity index (χ1n) is 8.10. The van der Waals surface area contributed by atoms with Crippen molar-refractivity contribution in [3.63, 3.8) is 0 Å². The van der Waals surface area contributed by atoms with Crippen molar-refractivity contribution in [1.82, 2.24) is 15.5 Å². The first-order chi connectivity index (χ1) is 10.3. The van der Waals surface area contributed by atoms with Gasteiger partial charge in [-0.2, -0.15) is 11.3 Å². The molecule has 0 amide bonds. The molecule has 2 heterocycles. The third-order valence-electron chi connectivity index (χ3n) is 4.00. The van der Waals surface area contributed by atoms with Gasteiger partial charge in [0.25, 0.3) is 0 Å². The molecular weight excluding hydrogens is 280 g/mol. The first kappa shape index (κ1) is 16.3. The van der Waals surface area contributed by atoms with E-state index >= 15 is 0 Å². The number of nitrogens with one attached hydrogen (secondary N) is 2. The summed E-state index contributed by atoms with van der Waals surface area (Å²) in [6.07, 6.45) is 3.99. The molecule has 0 bridgehead atoms. The topological polar surface area (TPSA) is 39.7 Å². The minimum atomic E-state index is 0.647. The summed E-state index contributed by atoms with van der Waals surface area (Å²) < 4.78 is 0. The van der Waals surface area contributed by atoms with Crippen LogP contribution in [0.15, 0.2) is 21.8 Å². The smallest absolute Gasteiger partial charge is 0.191 e. The fourth-order valence-corrected chi connectivity index (χ4v) is 3.48. The molecular formula is C16H28N4S. The van der Waals surface area contributed by atoms with Crippen LogP contribution in [-0.4, -0.2) is 43.1 Å². The Morgan fingerprint density at radius 1 is 1.38 bits per heavy atom. The Hall–Kier alpha value is -1.07. The number of hydrogen-bond donors (Lipinski definition) is 2. The summed E-state index contributed by atoms with van der Waals surface area (Å²) in [7, 11) is 0. The lowest BCUT2D eigenvalue weighted by Gasteiger charge is -2.35. The van der Waals surface area contributed by atoms with Crippen molar-refractivity contribution in [1.29, 1.82) is 0 Å². The second-order valence-corrected chi connectivity index (χ2v) is 6.27. The minimum Gasteiger partial charge on any atom is -0.357 e. The number of nitrogens with zero attached hydrogens (tertiary/aromatic N) is 2. The van der Waals surface area contributed by atoms with Gasteiger partial charge < -0.3 is 10.6 Å². The Balaban J connectivity index is 1.85. The molecule has 2 rings (SSSR count). The number of piperidine rings is 1. The fourth-order valence-electron chi connectivity index (χ4n) is 2.82. The zero-order chi connectivity index (χ0) is 14.9. The molecule has 0 aliphatic carbocycles. The number of guanidine groups is 1. The Kier molecular flexibility index (Phi) is 7.03. The quantitative estimate of drug-likeness (QED) is 0.627. The van der Waals surface area contributed by atoms with Crippen molar-refractivity contribution in [2.24, 2.45) is 4.99 Å². The fraction of sp³-hybridized carbons (Fsp3) is 0.688. The molecule has 1 saturated heterocycles. The molecule has 0 aromatic carbocycles. The third-order valence-corrected chi connectivity index (χ3v) is 4.74. The number of likely N-dealkylation sites (N-methyl/N-ethyl adjacent to an activating group) is 1. The van der Waals surface area contributed by atoms with E-state index in [0.29, 0.717) is 6.04 Å². The molecule has 4 nitrogen and oxygen atoms in total. The van der Waals surface area contributed by atoms with E-state index in [1.54, 1.807) is 11.3 Å². The molecule has 1 atom stereocenters. The monoisotopic (exact) mass is 308 g/mol. The molecule has 118 valence electrons. The van der Waals surface area contributed by atoms with E-state index in [1.807, 2.05) is 0 Å². The molecule has 21 heavy (non-hydrogen) atoms. The van der Waals surface area contributed by atoms with Gasteiger partial charge in [0.2, 0.25) is 0 Å². The van der Waals surface area contributed by atoms with Crippen LogP contribution < -0.4 is 10.6 Å². The molecule has 0 radical (unpaired) electrons. The molecule has 2 N–H and O–H groups in total. The van der Waals surface area contributed by atoms with Crippen LogP contribution in [0.4, 0.5) is 0 Å². The second-order valence-electron chi connectivity index (χ2n) is 5.49. The van der Waals surface area contributed by atoms with Crippen molar-refractivity contribution in [2.45, 2.75) is 45.7 Å². The Labute approximate surface area is 132 Å². The summed E-state index contributed by atoms with van der Waals surface area (Å²) >= 11 is 1.73. The van der Waals surface area contributed by atoms with E-state index in [2.05, 4.69) is 51.2 Å². The van der Waals surface area contributed by atoms with Crippen LogP contribution in [-0.2, 0) is 6.54 Å². The average molecular weight is 308 g/mol. The molecule has 5 heteroatoms. The van der Waals surface area contributed by atoms with E-state index in [1.165, 1.54) is 31.4 Å². The molecule has 1 aromatic rings. The predicted molar refractivity (Wildman–Crippen MR) is 92.0 cm³/mol. The largest absolute Gasteiger partial charge is 0.357 e. The SMILES string of the molecule is CCNC(=NCc1ccsc1)NCC1CCCCN1CC. The number of aliphatic imine (C=N–C) groups is 1. The van der Waals surface area contributed by atoms with Crippen LogP contribution in [0.3, 0.4) is 0 Å². The van der Waals surface area contributed by atoms with Crippen molar-refractivity contribution in [3.05, 3.63) is 22.4 Å². The summed E-state index contributed by atoms with van der Waals surface area (Å²) in [6, 6.07) is 2.78. The lowest BCUT2D eigenvalue weighted by Crippen LogP contribution is -2.49. The van der Waals surface area contributed by atoms with Gasteiger partial charge in [-0.3, -0.25) is 4.90 Å². The number of hydrogen-bond acceptors (Lipinski definition) is 3. The van der Waals surface area contributed by atoms with E-state index in [0.717, 1.165) is 32.1 Å². The lowest BCUT2D eigenvalue weighted by atomic mass is 10.0. The number of thiophene rings is 1. The van der Waals surface area contributed by atoms with Gasteiger partial charge in [0.05, 0.1) is 6.54 Å². The molecule has 1 aliphatic rings. The lowest BCUT2D eigenvalue weighted by molar-refractivity contribution is 0.157. The summed E-state index contributed by atoms with van der Waals surface area (Å²) in [6.45, 7) is 9.40. The van der Waals surface area contributed by atoms with Gasteiger partial charge in [0.1, 0.15) is 0 Å². The highest BCUT2D eigenvalue weighted by Crippen LogP contribution is 2.15. The maximum atomic E-state index is 4.67. The molecule has 0 saturated carbocycles. The van der Waals surface area contributed by atoms with Crippen molar-refractivity contribution >= 4 is 17.3 Å². The van der Waals surface area contributed by atoms with Crippen LogP contribution >= 0.6 is 11.3 Å². The Morgan fingerprint density at radius 3 is 3.00 bits per heavy atom. The second kappa shape index (κ2) is 9.05. The van der Waals surface area contributed by atoms with E-state index in [-0.39, 0.29) is 0 Å². The number of likely N-dealkylation sites (tertiary alicyclic amines) is 1. The molecule has 1 aliphatic heterocycles. The van der Waals surface area contributed by atoms with Crippen LogP contribution in [0.5, 0.6) is 0 Å². The van der Waals surface area contributed by atoms with Crippen LogP contribution in [0, 0.1) is 0 Å². The van der Waals surface area contributed by atoms with Gasteiger partial charge >= 0.3 is 0 Å². The normalized spacial score (nSPS) is 20.5. The highest BCUT2D eigenvalue weighted by atomic mass is 32.1. The van der Waals surface area contributed by atoms with Gasteiger partial charge in [-0.1, -0.05) is 13.3 Å². The van der Waals surface area contributed by atoms with Crippen molar-refractivity contribution < 1.29 is 0 Å². The molecule has 1 aromatic heterocycles. The first-order valence-corrected chi connectivity index (χ1v) is 9.05. The zero-order valence-corrected chi connectivity index (χ0v) is 14.1. The summed E-state index contributed by atoms with van der Waals surface area (Å²) in [4.78, 5) is 7.26. The van der Waals surface area contributed by atoms with Gasteiger partial charge in [-0.25, -0.2) is 4.99 Å². The average Bonchev–Trinajstić information content (AvgIpc) is 3.03. The highest BCUT2D eigenvalue weighted by Gasteiger charge is 2.20. The van der Waals surface area contributed by atoms with E-state index in [9.17, 15) is 0 Å². The van der Waals surface area contributed by atoms with Crippen molar-refractivity contribution in [2.75, 3.05) is 26.2 Å². The van der Waals surface area contributed by atoms with Crippen molar-refractivity contribution in [3.8, 4) is 0 Å². The number of rotatable bonds is 6. The maximum absolute atomic E-state index is 4.67. The minimum absolute atomic E-state index is 0.647. The third kappa shape index (κ3) is 5.32. The van der Waals surface area contributed by atoms with Gasteiger partial charge in [-0.05, 0) is 55.2 Å². The molecule has 0 spiro atoms. The van der Waals surface area contributed by atoms with Gasteiger partial charge in [-0.15, -0.1) is 0 Å². The Morgan fingerprint density at radius 2 is 2.29 bits per heavy atom. The van der Waals surface area contributed by atoms with Crippen LogP contribution in [0.2, 0.25) is 0 Å². The van der Waals surface area contributed by atoms with E-state index in [4.69, 9.17) is 0 Å². The van der Waals surface area contributed by atoms with E-state index < -0.39 is 0 Å². The highest BCUT2D eigenvalue weighted by molar-refractivity contribution is 7.07. The van der Waals surface area contributed by atoms with Gasteiger partial charge in [0, 0.05) is 19.1 Å².